The van der Waals surface area contributed by atoms with Crippen molar-refractivity contribution in [1.29, 1.82) is 0 Å². The highest BCUT2D eigenvalue weighted by Gasteiger charge is 2.29. The molecule has 0 aliphatic carbocycles. The molecule has 1 saturated heterocycles. The van der Waals surface area contributed by atoms with Crippen LogP contribution in [0.3, 0.4) is 0 Å². The minimum Gasteiger partial charge on any atom is -0.378 e. The first-order valence-electron chi connectivity index (χ1n) is 6.72. The highest BCUT2D eigenvalue weighted by molar-refractivity contribution is 5.03. The van der Waals surface area contributed by atoms with Crippen LogP contribution in [-0.4, -0.2) is 28.5 Å². The summed E-state index contributed by atoms with van der Waals surface area (Å²) < 4.78 is 7.59. The van der Waals surface area contributed by atoms with Gasteiger partial charge in [0.1, 0.15) is 0 Å². The van der Waals surface area contributed by atoms with Gasteiger partial charge >= 0.3 is 0 Å². The molecule has 1 fully saturated rings. The van der Waals surface area contributed by atoms with Gasteiger partial charge in [-0.2, -0.15) is 5.10 Å². The number of hydrogen-bond donors (Lipinski definition) is 2. The summed E-state index contributed by atoms with van der Waals surface area (Å²) in [5, 5.41) is 4.57. The fraction of sp³-hybridized carbons (Fsp3) is 0.769. The van der Waals surface area contributed by atoms with Crippen molar-refractivity contribution in [3.05, 3.63) is 18.0 Å². The summed E-state index contributed by atoms with van der Waals surface area (Å²) in [6.45, 7) is 7.16. The van der Waals surface area contributed by atoms with Gasteiger partial charge < -0.3 is 4.74 Å². The van der Waals surface area contributed by atoms with E-state index in [0.29, 0.717) is 18.1 Å². The Labute approximate surface area is 109 Å². The number of nitrogens with zero attached hydrogens (tertiary/aromatic N) is 2. The summed E-state index contributed by atoms with van der Waals surface area (Å²) >= 11 is 0. The average molecular weight is 252 g/mol. The molecule has 1 aliphatic heterocycles. The van der Waals surface area contributed by atoms with E-state index in [-0.39, 0.29) is 6.04 Å². The van der Waals surface area contributed by atoms with Gasteiger partial charge in [-0.25, -0.2) is 0 Å². The summed E-state index contributed by atoms with van der Waals surface area (Å²) in [7, 11) is 0. The van der Waals surface area contributed by atoms with Crippen LogP contribution in [0.15, 0.2) is 12.3 Å². The normalized spacial score (nSPS) is 25.8. The smallest absolute Gasteiger partial charge is 0.0640 e. The van der Waals surface area contributed by atoms with Crippen LogP contribution in [0.4, 0.5) is 0 Å². The number of hydrogen-bond acceptors (Lipinski definition) is 4. The molecule has 2 rings (SSSR count). The summed E-state index contributed by atoms with van der Waals surface area (Å²) in [4.78, 5) is 0. The molecule has 1 aromatic rings. The standard InChI is InChI=1S/C13H24N4O/c1-9(2)17-5-4-12(16-17)7-13(15-14)11-6-10(3)18-8-11/h4-5,9-11,13,15H,6-8,14H2,1-3H3. The zero-order chi connectivity index (χ0) is 13.1. The van der Waals surface area contributed by atoms with E-state index in [4.69, 9.17) is 10.6 Å². The molecular weight excluding hydrogens is 228 g/mol. The Bertz CT molecular complexity index is 377. The van der Waals surface area contributed by atoms with Gasteiger partial charge in [-0.1, -0.05) is 0 Å². The van der Waals surface area contributed by atoms with Crippen molar-refractivity contribution < 1.29 is 4.74 Å². The maximum absolute atomic E-state index is 5.67. The van der Waals surface area contributed by atoms with Gasteiger partial charge in [0, 0.05) is 30.6 Å². The lowest BCUT2D eigenvalue weighted by molar-refractivity contribution is 0.116. The minimum absolute atomic E-state index is 0.241. The molecule has 3 N–H and O–H groups in total. The Kier molecular flexibility index (Phi) is 4.37. The van der Waals surface area contributed by atoms with Crippen molar-refractivity contribution in [3.8, 4) is 0 Å². The van der Waals surface area contributed by atoms with Crippen LogP contribution in [-0.2, 0) is 11.2 Å². The maximum Gasteiger partial charge on any atom is 0.0640 e. The molecule has 102 valence electrons. The van der Waals surface area contributed by atoms with Gasteiger partial charge in [0.25, 0.3) is 0 Å². The van der Waals surface area contributed by atoms with E-state index in [1.54, 1.807) is 0 Å². The molecular formula is C13H24N4O. The van der Waals surface area contributed by atoms with E-state index in [0.717, 1.165) is 25.1 Å². The SMILES string of the molecule is CC1CC(C(Cc2ccn(C(C)C)n2)NN)CO1. The zero-order valence-electron chi connectivity index (χ0n) is 11.5. The third kappa shape index (κ3) is 3.10. The van der Waals surface area contributed by atoms with Crippen LogP contribution in [0.1, 0.15) is 38.9 Å². The second kappa shape index (κ2) is 5.82. The summed E-state index contributed by atoms with van der Waals surface area (Å²) in [6.07, 6.45) is 4.30. The highest BCUT2D eigenvalue weighted by Crippen LogP contribution is 2.23. The molecule has 0 radical (unpaired) electrons. The Morgan fingerprint density at radius 2 is 2.39 bits per heavy atom. The molecule has 3 unspecified atom stereocenters. The van der Waals surface area contributed by atoms with Crippen LogP contribution < -0.4 is 11.3 Å². The largest absolute Gasteiger partial charge is 0.378 e. The summed E-state index contributed by atoms with van der Waals surface area (Å²) in [5.74, 6) is 6.15. The van der Waals surface area contributed by atoms with Gasteiger partial charge in [-0.3, -0.25) is 16.0 Å². The Morgan fingerprint density at radius 3 is 2.89 bits per heavy atom. The Balaban J connectivity index is 1.96. The molecule has 5 heteroatoms. The maximum atomic E-state index is 5.67. The quantitative estimate of drug-likeness (QED) is 0.612. The average Bonchev–Trinajstić information content (AvgIpc) is 2.94. The van der Waals surface area contributed by atoms with Crippen molar-refractivity contribution in [2.75, 3.05) is 6.61 Å². The highest BCUT2D eigenvalue weighted by atomic mass is 16.5. The van der Waals surface area contributed by atoms with E-state index >= 15 is 0 Å². The van der Waals surface area contributed by atoms with E-state index in [1.165, 1.54) is 0 Å². The molecule has 0 spiro atoms. The molecule has 0 aromatic carbocycles. The number of ether oxygens (including phenoxy) is 1. The van der Waals surface area contributed by atoms with Gasteiger partial charge in [0.2, 0.25) is 0 Å². The summed E-state index contributed by atoms with van der Waals surface area (Å²) in [6, 6.07) is 2.71. The molecule has 5 nitrogen and oxygen atoms in total. The van der Waals surface area contributed by atoms with Gasteiger partial charge in [-0.05, 0) is 33.3 Å². The first-order chi connectivity index (χ1) is 8.60. The van der Waals surface area contributed by atoms with Gasteiger partial charge in [0.15, 0.2) is 0 Å². The molecule has 0 saturated carbocycles. The number of nitrogens with one attached hydrogen (secondary N) is 1. The lowest BCUT2D eigenvalue weighted by Crippen LogP contribution is -2.43. The predicted molar refractivity (Wildman–Crippen MR) is 70.9 cm³/mol. The third-order valence-corrected chi connectivity index (χ3v) is 3.63. The topological polar surface area (TPSA) is 65.1 Å². The van der Waals surface area contributed by atoms with Crippen LogP contribution in [0.2, 0.25) is 0 Å². The first kappa shape index (κ1) is 13.5. The predicted octanol–water partition coefficient (Wildman–Crippen LogP) is 1.26. The van der Waals surface area contributed by atoms with Crippen molar-refractivity contribution in [2.45, 2.75) is 51.8 Å². The van der Waals surface area contributed by atoms with E-state index in [2.05, 4.69) is 37.4 Å². The third-order valence-electron chi connectivity index (χ3n) is 3.63. The molecule has 3 atom stereocenters. The van der Waals surface area contributed by atoms with Crippen molar-refractivity contribution >= 4 is 0 Å². The van der Waals surface area contributed by atoms with E-state index in [1.807, 2.05) is 10.9 Å². The minimum atomic E-state index is 0.241. The Morgan fingerprint density at radius 1 is 1.61 bits per heavy atom. The molecule has 0 bridgehead atoms. The lowest BCUT2D eigenvalue weighted by Gasteiger charge is -2.20. The molecule has 1 aromatic heterocycles. The van der Waals surface area contributed by atoms with Crippen LogP contribution in [0.25, 0.3) is 0 Å². The van der Waals surface area contributed by atoms with Gasteiger partial charge in [0.05, 0.1) is 18.4 Å². The number of hydrazine groups is 1. The fourth-order valence-electron chi connectivity index (χ4n) is 2.49. The molecule has 0 amide bonds. The second-order valence-electron chi connectivity index (χ2n) is 5.50. The monoisotopic (exact) mass is 252 g/mol. The van der Waals surface area contributed by atoms with Crippen LogP contribution in [0.5, 0.6) is 0 Å². The van der Waals surface area contributed by atoms with Crippen molar-refractivity contribution in [2.24, 2.45) is 11.8 Å². The van der Waals surface area contributed by atoms with Crippen LogP contribution in [0, 0.1) is 5.92 Å². The molecule has 18 heavy (non-hydrogen) atoms. The van der Waals surface area contributed by atoms with E-state index < -0.39 is 0 Å². The van der Waals surface area contributed by atoms with E-state index in [9.17, 15) is 0 Å². The molecule has 2 heterocycles. The Hall–Kier alpha value is -0.910. The summed E-state index contributed by atoms with van der Waals surface area (Å²) in [5.41, 5.74) is 4.01. The number of nitrogens with two attached hydrogens (primary N) is 1. The van der Waals surface area contributed by atoms with Crippen molar-refractivity contribution in [1.82, 2.24) is 15.2 Å². The molecule has 1 aliphatic rings. The van der Waals surface area contributed by atoms with Crippen LogP contribution >= 0.6 is 0 Å². The fourth-order valence-corrected chi connectivity index (χ4v) is 2.49. The first-order valence-corrected chi connectivity index (χ1v) is 6.72. The second-order valence-corrected chi connectivity index (χ2v) is 5.50. The number of aromatic nitrogens is 2. The zero-order valence-corrected chi connectivity index (χ0v) is 11.5. The number of rotatable bonds is 5. The van der Waals surface area contributed by atoms with Gasteiger partial charge in [-0.15, -0.1) is 0 Å². The lowest BCUT2D eigenvalue weighted by atomic mass is 9.94. The van der Waals surface area contributed by atoms with Crippen molar-refractivity contribution in [3.63, 3.8) is 0 Å².